The van der Waals surface area contributed by atoms with E-state index in [1.807, 2.05) is 11.8 Å². The van der Waals surface area contributed by atoms with E-state index in [1.165, 1.54) is 6.07 Å². The van der Waals surface area contributed by atoms with E-state index in [2.05, 4.69) is 10.3 Å². The Morgan fingerprint density at radius 1 is 1.52 bits per heavy atom. The van der Waals surface area contributed by atoms with Crippen LogP contribution in [-0.4, -0.2) is 40.8 Å². The molecule has 2 N–H and O–H groups in total. The Kier molecular flexibility index (Phi) is 5.32. The number of aliphatic hydroxyl groups excluding tert-OH is 1. The minimum atomic E-state index is -0.386. The van der Waals surface area contributed by atoms with Gasteiger partial charge in [0.15, 0.2) is 0 Å². The van der Waals surface area contributed by atoms with E-state index in [1.54, 1.807) is 6.07 Å². The van der Waals surface area contributed by atoms with E-state index in [0.29, 0.717) is 37.2 Å². The molecular formula is C14H22N4O3. The van der Waals surface area contributed by atoms with Crippen LogP contribution < -0.4 is 10.2 Å². The van der Waals surface area contributed by atoms with E-state index in [-0.39, 0.29) is 17.2 Å². The van der Waals surface area contributed by atoms with Crippen molar-refractivity contribution in [3.63, 3.8) is 0 Å². The molecule has 1 aromatic heterocycles. The van der Waals surface area contributed by atoms with Gasteiger partial charge in [-0.1, -0.05) is 0 Å². The zero-order valence-corrected chi connectivity index (χ0v) is 12.3. The fourth-order valence-electron chi connectivity index (χ4n) is 2.48. The third-order valence-electron chi connectivity index (χ3n) is 3.75. The lowest BCUT2D eigenvalue weighted by atomic mass is 9.91. The lowest BCUT2D eigenvalue weighted by molar-refractivity contribution is -0.384. The predicted octanol–water partition coefficient (Wildman–Crippen LogP) is 2.16. The molecule has 1 aliphatic rings. The molecule has 21 heavy (non-hydrogen) atoms. The maximum atomic E-state index is 11.3. The number of nitro groups is 1. The number of pyridine rings is 1. The predicted molar refractivity (Wildman–Crippen MR) is 81.7 cm³/mol. The Bertz CT molecular complexity index is 491. The fourth-order valence-corrected chi connectivity index (χ4v) is 2.48. The highest BCUT2D eigenvalue weighted by Crippen LogP contribution is 2.34. The lowest BCUT2D eigenvalue weighted by Gasteiger charge is -2.38. The summed E-state index contributed by atoms with van der Waals surface area (Å²) in [6, 6.07) is 3.43. The number of nitrogens with zero attached hydrogens (tertiary/aromatic N) is 3. The molecule has 0 bridgehead atoms. The fraction of sp³-hybridized carbons (Fsp3) is 0.643. The molecule has 1 aliphatic carbocycles. The number of nitrogens with one attached hydrogen (secondary N) is 1. The first-order chi connectivity index (χ1) is 10.2. The molecule has 0 aliphatic heterocycles. The van der Waals surface area contributed by atoms with Crippen LogP contribution in [0, 0.1) is 10.1 Å². The standard InChI is InChI=1S/C14H22N4O3/c1-2-15-13-8-7-12(18(20)21)14(16-13)17(9-4-10-19)11-5-3-6-11/h7-8,11,19H,2-6,9-10H2,1H3,(H,15,16). The highest BCUT2D eigenvalue weighted by molar-refractivity contribution is 5.62. The average Bonchev–Trinajstić information content (AvgIpc) is 2.41. The summed E-state index contributed by atoms with van der Waals surface area (Å²) >= 11 is 0. The maximum Gasteiger partial charge on any atom is 0.311 e. The molecule has 1 saturated carbocycles. The molecule has 0 amide bonds. The van der Waals surface area contributed by atoms with E-state index in [0.717, 1.165) is 19.3 Å². The molecular weight excluding hydrogens is 272 g/mol. The topological polar surface area (TPSA) is 91.5 Å². The Morgan fingerprint density at radius 3 is 2.81 bits per heavy atom. The van der Waals surface area contributed by atoms with Crippen molar-refractivity contribution < 1.29 is 10.0 Å². The Morgan fingerprint density at radius 2 is 2.29 bits per heavy atom. The van der Waals surface area contributed by atoms with Gasteiger partial charge in [0.25, 0.3) is 0 Å². The van der Waals surface area contributed by atoms with Crippen molar-refractivity contribution in [1.29, 1.82) is 0 Å². The van der Waals surface area contributed by atoms with Gasteiger partial charge in [-0.15, -0.1) is 0 Å². The number of aliphatic hydroxyl groups is 1. The monoisotopic (exact) mass is 294 g/mol. The van der Waals surface area contributed by atoms with Crippen molar-refractivity contribution in [3.05, 3.63) is 22.2 Å². The third-order valence-corrected chi connectivity index (χ3v) is 3.75. The van der Waals surface area contributed by atoms with Crippen molar-refractivity contribution in [2.75, 3.05) is 29.9 Å². The molecule has 2 rings (SSSR count). The molecule has 0 spiro atoms. The number of aromatic nitrogens is 1. The van der Waals surface area contributed by atoms with Crippen molar-refractivity contribution in [2.24, 2.45) is 0 Å². The van der Waals surface area contributed by atoms with Gasteiger partial charge in [0.2, 0.25) is 5.82 Å². The smallest absolute Gasteiger partial charge is 0.311 e. The molecule has 7 nitrogen and oxygen atoms in total. The second-order valence-electron chi connectivity index (χ2n) is 5.18. The first-order valence-corrected chi connectivity index (χ1v) is 7.44. The number of hydrogen-bond acceptors (Lipinski definition) is 6. The van der Waals surface area contributed by atoms with Gasteiger partial charge in [-0.3, -0.25) is 10.1 Å². The molecule has 0 saturated heterocycles. The van der Waals surface area contributed by atoms with Crippen LogP contribution in [0.1, 0.15) is 32.6 Å². The van der Waals surface area contributed by atoms with Crippen LogP contribution in [0.5, 0.6) is 0 Å². The third kappa shape index (κ3) is 3.60. The molecule has 1 aromatic rings. The van der Waals surface area contributed by atoms with Crippen LogP contribution >= 0.6 is 0 Å². The Balaban J connectivity index is 2.34. The number of rotatable bonds is 8. The zero-order valence-electron chi connectivity index (χ0n) is 12.3. The zero-order chi connectivity index (χ0) is 15.2. The summed E-state index contributed by atoms with van der Waals surface area (Å²) in [7, 11) is 0. The van der Waals surface area contributed by atoms with E-state index in [4.69, 9.17) is 5.11 Å². The summed E-state index contributed by atoms with van der Waals surface area (Å²) in [5.74, 6) is 1.06. The second kappa shape index (κ2) is 7.21. The summed E-state index contributed by atoms with van der Waals surface area (Å²) < 4.78 is 0. The van der Waals surface area contributed by atoms with Gasteiger partial charge in [0.1, 0.15) is 5.82 Å². The maximum absolute atomic E-state index is 11.3. The number of hydrogen-bond donors (Lipinski definition) is 2. The van der Waals surface area contributed by atoms with Crippen molar-refractivity contribution in [3.8, 4) is 0 Å². The molecule has 0 radical (unpaired) electrons. The van der Waals surface area contributed by atoms with Crippen LogP contribution in [0.3, 0.4) is 0 Å². The summed E-state index contributed by atoms with van der Waals surface area (Å²) in [6.45, 7) is 3.33. The average molecular weight is 294 g/mol. The van der Waals surface area contributed by atoms with Gasteiger partial charge in [-0.25, -0.2) is 4.98 Å². The van der Waals surface area contributed by atoms with Gasteiger partial charge in [0, 0.05) is 31.8 Å². The quantitative estimate of drug-likeness (QED) is 0.564. The van der Waals surface area contributed by atoms with Gasteiger partial charge in [0.05, 0.1) is 4.92 Å². The highest BCUT2D eigenvalue weighted by Gasteiger charge is 2.30. The molecule has 7 heteroatoms. The van der Waals surface area contributed by atoms with Gasteiger partial charge >= 0.3 is 5.69 Å². The summed E-state index contributed by atoms with van der Waals surface area (Å²) in [6.07, 6.45) is 3.77. The van der Waals surface area contributed by atoms with Crippen LogP contribution in [-0.2, 0) is 0 Å². The largest absolute Gasteiger partial charge is 0.396 e. The molecule has 0 unspecified atom stereocenters. The van der Waals surface area contributed by atoms with Gasteiger partial charge < -0.3 is 15.3 Å². The minimum absolute atomic E-state index is 0.0292. The molecule has 0 aromatic carbocycles. The normalized spacial score (nSPS) is 14.6. The molecule has 1 heterocycles. The summed E-state index contributed by atoms with van der Waals surface area (Å²) in [5, 5.41) is 23.4. The van der Waals surface area contributed by atoms with Gasteiger partial charge in [-0.2, -0.15) is 0 Å². The Hall–Kier alpha value is -1.89. The SMILES string of the molecule is CCNc1ccc([N+](=O)[O-])c(N(CCCO)C2CCC2)n1. The molecule has 116 valence electrons. The van der Waals surface area contributed by atoms with E-state index >= 15 is 0 Å². The highest BCUT2D eigenvalue weighted by atomic mass is 16.6. The lowest BCUT2D eigenvalue weighted by Crippen LogP contribution is -2.42. The van der Waals surface area contributed by atoms with Crippen LogP contribution in [0.15, 0.2) is 12.1 Å². The van der Waals surface area contributed by atoms with Gasteiger partial charge in [-0.05, 0) is 38.7 Å². The second-order valence-corrected chi connectivity index (χ2v) is 5.18. The van der Waals surface area contributed by atoms with Crippen molar-refractivity contribution in [1.82, 2.24) is 4.98 Å². The van der Waals surface area contributed by atoms with Crippen molar-refractivity contribution in [2.45, 2.75) is 38.6 Å². The Labute approximate surface area is 124 Å². The van der Waals surface area contributed by atoms with Crippen LogP contribution in [0.2, 0.25) is 0 Å². The first-order valence-electron chi connectivity index (χ1n) is 7.44. The molecule has 1 fully saturated rings. The van der Waals surface area contributed by atoms with Crippen LogP contribution in [0.4, 0.5) is 17.3 Å². The first kappa shape index (κ1) is 15.5. The number of anilines is 2. The summed E-state index contributed by atoms with van der Waals surface area (Å²) in [4.78, 5) is 17.3. The minimum Gasteiger partial charge on any atom is -0.396 e. The van der Waals surface area contributed by atoms with Crippen LogP contribution in [0.25, 0.3) is 0 Å². The molecule has 0 atom stereocenters. The van der Waals surface area contributed by atoms with Crippen molar-refractivity contribution >= 4 is 17.3 Å². The summed E-state index contributed by atoms with van der Waals surface area (Å²) in [5.41, 5.74) is 0.0292. The van der Waals surface area contributed by atoms with E-state index in [9.17, 15) is 10.1 Å². The van der Waals surface area contributed by atoms with E-state index < -0.39 is 0 Å².